The Balaban J connectivity index is 0.964. The number of fused-ring (bicyclic) bond motifs is 9. The minimum absolute atomic E-state index is 0.604. The summed E-state index contributed by atoms with van der Waals surface area (Å²) in [6.45, 7) is 0. The summed E-state index contributed by atoms with van der Waals surface area (Å²) in [5.41, 5.74) is 9.39. The van der Waals surface area contributed by atoms with Crippen molar-refractivity contribution in [3.63, 3.8) is 0 Å². The predicted octanol–water partition coefficient (Wildman–Crippen LogP) is 14.8. The zero-order valence-corrected chi connectivity index (χ0v) is 31.9. The number of nitrogens with zero attached hydrogens (tertiary/aromatic N) is 3. The van der Waals surface area contributed by atoms with Crippen molar-refractivity contribution in [3.8, 4) is 56.4 Å². The fourth-order valence-corrected chi connectivity index (χ4v) is 10.6. The lowest BCUT2D eigenvalue weighted by Gasteiger charge is -2.11. The molecular weight excluding hydrogens is 735 g/mol. The van der Waals surface area contributed by atoms with Crippen LogP contribution in [0.15, 0.2) is 180 Å². The van der Waals surface area contributed by atoms with E-state index >= 15 is 0 Å². The summed E-state index contributed by atoms with van der Waals surface area (Å²) in [5, 5.41) is 7.26. The monoisotopic (exact) mass is 763 g/mol. The van der Waals surface area contributed by atoms with Gasteiger partial charge in [-0.15, -0.1) is 22.7 Å². The third kappa shape index (κ3) is 5.30. The molecule has 0 saturated carbocycles. The number of benzene rings is 8. The molecule has 12 rings (SSSR count). The van der Waals surface area contributed by atoms with Crippen molar-refractivity contribution in [2.45, 2.75) is 0 Å². The van der Waals surface area contributed by atoms with E-state index in [1.807, 2.05) is 77.3 Å². The first-order chi connectivity index (χ1) is 28.2. The molecular formula is C51H29N3OS2. The molecule has 4 aromatic heterocycles. The van der Waals surface area contributed by atoms with E-state index < -0.39 is 0 Å². The van der Waals surface area contributed by atoms with Crippen LogP contribution in [0.4, 0.5) is 0 Å². The van der Waals surface area contributed by atoms with Crippen LogP contribution in [0.5, 0.6) is 0 Å². The van der Waals surface area contributed by atoms with E-state index in [1.165, 1.54) is 62.6 Å². The van der Waals surface area contributed by atoms with Gasteiger partial charge in [0.05, 0.1) is 0 Å². The van der Waals surface area contributed by atoms with Crippen molar-refractivity contribution < 1.29 is 4.42 Å². The van der Waals surface area contributed by atoms with Crippen LogP contribution in [0.25, 0.3) is 119 Å². The first kappa shape index (κ1) is 32.3. The Morgan fingerprint density at radius 1 is 0.316 bits per heavy atom. The number of aromatic nitrogens is 3. The van der Waals surface area contributed by atoms with Crippen LogP contribution in [0.1, 0.15) is 0 Å². The Bertz CT molecular complexity index is 3540. The molecule has 8 aromatic carbocycles. The zero-order valence-electron chi connectivity index (χ0n) is 30.3. The standard InChI is InChI=1S/C51H29N3OS2/c1-2-11-30(12-3-1)49-52-50(32-22-24-37-36-15-6-8-19-43(36)55-44(37)27-32)54-51(53-49)33-23-26-40-39-25-21-31(28-46(39)56-47(40)29-33)34-13-4-5-14-35(34)41-17-10-18-42-38-16-7-9-20-45(38)57-48(41)42/h1-29H. The van der Waals surface area contributed by atoms with Crippen LogP contribution in [-0.4, -0.2) is 15.0 Å². The number of thiophene rings is 2. The molecule has 0 aliphatic rings. The first-order valence-electron chi connectivity index (χ1n) is 18.9. The molecule has 0 radical (unpaired) electrons. The molecule has 0 unspecified atom stereocenters. The normalized spacial score (nSPS) is 11.9. The van der Waals surface area contributed by atoms with Crippen molar-refractivity contribution >= 4 is 85.0 Å². The van der Waals surface area contributed by atoms with Gasteiger partial charge in [-0.3, -0.25) is 0 Å². The second-order valence-corrected chi connectivity index (χ2v) is 16.5. The van der Waals surface area contributed by atoms with Crippen LogP contribution in [0.3, 0.4) is 0 Å². The lowest BCUT2D eigenvalue weighted by atomic mass is 9.93. The molecule has 0 spiro atoms. The second-order valence-electron chi connectivity index (χ2n) is 14.3. The number of furan rings is 1. The van der Waals surface area contributed by atoms with Crippen molar-refractivity contribution in [3.05, 3.63) is 176 Å². The first-order valence-corrected chi connectivity index (χ1v) is 20.6. The molecule has 4 heterocycles. The van der Waals surface area contributed by atoms with E-state index in [-0.39, 0.29) is 0 Å². The van der Waals surface area contributed by atoms with E-state index in [0.717, 1.165) is 38.6 Å². The molecule has 0 bridgehead atoms. The molecule has 266 valence electrons. The highest BCUT2D eigenvalue weighted by Crippen LogP contribution is 2.44. The molecule has 57 heavy (non-hydrogen) atoms. The van der Waals surface area contributed by atoms with Gasteiger partial charge in [0, 0.05) is 73.4 Å². The van der Waals surface area contributed by atoms with Crippen molar-refractivity contribution in [2.75, 3.05) is 0 Å². The highest BCUT2D eigenvalue weighted by Gasteiger charge is 2.18. The highest BCUT2D eigenvalue weighted by atomic mass is 32.1. The predicted molar refractivity (Wildman–Crippen MR) is 240 cm³/mol. The Labute approximate surface area is 335 Å². The average molecular weight is 764 g/mol. The zero-order chi connectivity index (χ0) is 37.5. The quantitative estimate of drug-likeness (QED) is 0.175. The van der Waals surface area contributed by atoms with Crippen molar-refractivity contribution in [2.24, 2.45) is 0 Å². The Kier molecular flexibility index (Phi) is 7.24. The molecule has 0 N–H and O–H groups in total. The number of hydrogen-bond donors (Lipinski definition) is 0. The molecule has 0 saturated heterocycles. The Morgan fingerprint density at radius 2 is 0.860 bits per heavy atom. The van der Waals surface area contributed by atoms with Crippen LogP contribution in [0.2, 0.25) is 0 Å². The number of hydrogen-bond acceptors (Lipinski definition) is 6. The molecule has 12 aromatic rings. The number of rotatable bonds is 5. The van der Waals surface area contributed by atoms with E-state index in [0.29, 0.717) is 17.5 Å². The minimum Gasteiger partial charge on any atom is -0.456 e. The summed E-state index contributed by atoms with van der Waals surface area (Å²) < 4.78 is 11.3. The van der Waals surface area contributed by atoms with E-state index in [4.69, 9.17) is 19.4 Å². The van der Waals surface area contributed by atoms with Gasteiger partial charge in [-0.1, -0.05) is 140 Å². The smallest absolute Gasteiger partial charge is 0.164 e. The van der Waals surface area contributed by atoms with Gasteiger partial charge in [0.25, 0.3) is 0 Å². The van der Waals surface area contributed by atoms with Gasteiger partial charge in [-0.05, 0) is 53.1 Å². The average Bonchev–Trinajstić information content (AvgIpc) is 3.97. The summed E-state index contributed by atoms with van der Waals surface area (Å²) in [6, 6.07) is 62.2. The van der Waals surface area contributed by atoms with Gasteiger partial charge >= 0.3 is 0 Å². The van der Waals surface area contributed by atoms with Crippen molar-refractivity contribution in [1.29, 1.82) is 0 Å². The van der Waals surface area contributed by atoms with E-state index in [2.05, 4.69) is 121 Å². The van der Waals surface area contributed by atoms with Gasteiger partial charge in [-0.2, -0.15) is 0 Å². The van der Waals surface area contributed by atoms with Gasteiger partial charge in [0.1, 0.15) is 11.2 Å². The fraction of sp³-hybridized carbons (Fsp3) is 0. The van der Waals surface area contributed by atoms with E-state index in [9.17, 15) is 0 Å². The molecule has 0 fully saturated rings. The summed E-state index contributed by atoms with van der Waals surface area (Å²) >= 11 is 3.69. The summed E-state index contributed by atoms with van der Waals surface area (Å²) in [5.74, 6) is 1.87. The molecule has 0 aliphatic carbocycles. The summed E-state index contributed by atoms with van der Waals surface area (Å²) in [7, 11) is 0. The maximum absolute atomic E-state index is 6.25. The fourth-order valence-electron chi connectivity index (χ4n) is 8.23. The van der Waals surface area contributed by atoms with E-state index in [1.54, 1.807) is 0 Å². The lowest BCUT2D eigenvalue weighted by Crippen LogP contribution is -2.00. The molecule has 0 amide bonds. The van der Waals surface area contributed by atoms with Crippen LogP contribution < -0.4 is 0 Å². The van der Waals surface area contributed by atoms with Crippen LogP contribution >= 0.6 is 22.7 Å². The van der Waals surface area contributed by atoms with Crippen LogP contribution in [-0.2, 0) is 0 Å². The molecule has 4 nitrogen and oxygen atoms in total. The molecule has 6 heteroatoms. The number of para-hydroxylation sites is 1. The maximum Gasteiger partial charge on any atom is 0.164 e. The van der Waals surface area contributed by atoms with Gasteiger partial charge < -0.3 is 4.42 Å². The van der Waals surface area contributed by atoms with Gasteiger partial charge in [0.2, 0.25) is 0 Å². The second kappa shape index (κ2) is 12.8. The van der Waals surface area contributed by atoms with Gasteiger partial charge in [0.15, 0.2) is 17.5 Å². The highest BCUT2D eigenvalue weighted by molar-refractivity contribution is 7.26. The van der Waals surface area contributed by atoms with Crippen LogP contribution in [0, 0.1) is 0 Å². The summed E-state index contributed by atoms with van der Waals surface area (Å²) in [6.07, 6.45) is 0. The lowest BCUT2D eigenvalue weighted by molar-refractivity contribution is 0.669. The third-order valence-electron chi connectivity index (χ3n) is 11.0. The topological polar surface area (TPSA) is 51.8 Å². The largest absolute Gasteiger partial charge is 0.456 e. The van der Waals surface area contributed by atoms with Gasteiger partial charge in [-0.25, -0.2) is 15.0 Å². The SMILES string of the molecule is c1ccc(-c2nc(-c3ccc4c(c3)oc3ccccc34)nc(-c3ccc4c(c3)sc3cc(-c5ccccc5-c5cccc6c5sc5ccccc56)ccc34)n2)cc1. The maximum atomic E-state index is 6.25. The molecule has 0 atom stereocenters. The molecule has 0 aliphatic heterocycles. The minimum atomic E-state index is 0.604. The summed E-state index contributed by atoms with van der Waals surface area (Å²) in [4.78, 5) is 15.1. The van der Waals surface area contributed by atoms with Crippen molar-refractivity contribution in [1.82, 2.24) is 15.0 Å². The third-order valence-corrected chi connectivity index (χ3v) is 13.3. The Hall–Kier alpha value is -6.99. The Morgan fingerprint density at radius 3 is 1.67 bits per heavy atom.